The topological polar surface area (TPSA) is 50.4 Å². The highest BCUT2D eigenvalue weighted by molar-refractivity contribution is 5.82. The van der Waals surface area contributed by atoms with Gasteiger partial charge in [-0.3, -0.25) is 4.79 Å². The van der Waals surface area contributed by atoms with E-state index in [1.807, 2.05) is 37.3 Å². The first-order chi connectivity index (χ1) is 16.2. The van der Waals surface area contributed by atoms with Crippen LogP contribution in [0.1, 0.15) is 55.0 Å². The minimum Gasteiger partial charge on any atom is -0.372 e. The van der Waals surface area contributed by atoms with Crippen molar-refractivity contribution >= 4 is 5.91 Å². The molecule has 1 saturated heterocycles. The van der Waals surface area contributed by atoms with Crippen LogP contribution in [0.25, 0.3) is 0 Å². The van der Waals surface area contributed by atoms with Gasteiger partial charge in [0.1, 0.15) is 0 Å². The number of piperidine rings is 1. The first kappa shape index (κ1) is 27.0. The first-order valence-corrected chi connectivity index (χ1v) is 11.1. The van der Waals surface area contributed by atoms with E-state index in [1.54, 1.807) is 7.05 Å². The third kappa shape index (κ3) is 5.98. The minimum atomic E-state index is -4.93. The highest BCUT2D eigenvalue weighted by atomic mass is 19.4. The van der Waals surface area contributed by atoms with Crippen LogP contribution in [-0.4, -0.2) is 26.1 Å². The van der Waals surface area contributed by atoms with Gasteiger partial charge in [0, 0.05) is 13.6 Å². The van der Waals surface area contributed by atoms with Crippen LogP contribution in [-0.2, 0) is 27.4 Å². The summed E-state index contributed by atoms with van der Waals surface area (Å²) in [6.07, 6.45) is -9.93. The number of hydrogen-bond donors (Lipinski definition) is 2. The van der Waals surface area contributed by atoms with Crippen molar-refractivity contribution in [3.8, 4) is 0 Å². The molecule has 0 aliphatic carbocycles. The van der Waals surface area contributed by atoms with Gasteiger partial charge in [-0.05, 0) is 56.0 Å². The second kappa shape index (κ2) is 9.81. The fraction of sp³-hybridized carbons (Fsp3) is 0.480. The lowest BCUT2D eigenvalue weighted by Gasteiger charge is -2.45. The molecule has 0 saturated carbocycles. The molecule has 192 valence electrons. The number of benzene rings is 2. The van der Waals surface area contributed by atoms with E-state index in [-0.39, 0.29) is 24.1 Å². The summed E-state index contributed by atoms with van der Waals surface area (Å²) in [4.78, 5) is 12.3. The minimum absolute atomic E-state index is 0.0143. The number of hydrogen-bond acceptors (Lipinski definition) is 3. The number of carbonyl (C=O) groups excluding carboxylic acids is 1. The van der Waals surface area contributed by atoms with Crippen LogP contribution < -0.4 is 10.6 Å². The number of ether oxygens (including phenoxy) is 1. The summed E-state index contributed by atoms with van der Waals surface area (Å²) >= 11 is 0. The lowest BCUT2D eigenvalue weighted by atomic mass is 9.72. The van der Waals surface area contributed by atoms with Crippen LogP contribution in [0.2, 0.25) is 0 Å². The average Bonchev–Trinajstić information content (AvgIpc) is 2.82. The highest BCUT2D eigenvalue weighted by Crippen LogP contribution is 2.41. The number of rotatable bonds is 6. The lowest BCUT2D eigenvalue weighted by Crippen LogP contribution is -2.58. The molecule has 0 unspecified atom stereocenters. The molecule has 3 atom stereocenters. The van der Waals surface area contributed by atoms with Crippen LogP contribution in [0.15, 0.2) is 48.5 Å². The van der Waals surface area contributed by atoms with E-state index in [9.17, 15) is 31.1 Å². The molecule has 0 spiro atoms. The Morgan fingerprint density at radius 2 is 1.60 bits per heavy atom. The van der Waals surface area contributed by atoms with Crippen molar-refractivity contribution in [3.05, 3.63) is 70.8 Å². The van der Waals surface area contributed by atoms with Crippen LogP contribution in [0.5, 0.6) is 0 Å². The Bertz CT molecular complexity index is 996. The molecule has 1 heterocycles. The van der Waals surface area contributed by atoms with E-state index < -0.39 is 40.5 Å². The van der Waals surface area contributed by atoms with Gasteiger partial charge in [-0.25, -0.2) is 0 Å². The highest BCUT2D eigenvalue weighted by Gasteiger charge is 2.45. The van der Waals surface area contributed by atoms with E-state index in [4.69, 9.17) is 4.74 Å². The van der Waals surface area contributed by atoms with Gasteiger partial charge in [-0.1, -0.05) is 30.3 Å². The molecule has 4 nitrogen and oxygen atoms in total. The predicted molar refractivity (Wildman–Crippen MR) is 118 cm³/mol. The van der Waals surface area contributed by atoms with E-state index in [1.165, 1.54) is 6.92 Å². The summed E-state index contributed by atoms with van der Waals surface area (Å²) in [5.74, 6) is -0.121. The molecule has 0 bridgehead atoms. The van der Waals surface area contributed by atoms with Gasteiger partial charge in [0.05, 0.1) is 34.8 Å². The molecule has 2 aromatic rings. The smallest absolute Gasteiger partial charge is 0.372 e. The van der Waals surface area contributed by atoms with Crippen molar-refractivity contribution in [1.82, 2.24) is 10.6 Å². The number of carbonyl (C=O) groups is 1. The van der Waals surface area contributed by atoms with Crippen molar-refractivity contribution in [1.29, 1.82) is 0 Å². The molecular weight excluding hydrogens is 474 g/mol. The summed E-state index contributed by atoms with van der Waals surface area (Å²) < 4.78 is 85.6. The molecule has 10 heteroatoms. The molecule has 1 aliphatic rings. The third-order valence-corrected chi connectivity index (χ3v) is 6.68. The summed E-state index contributed by atoms with van der Waals surface area (Å²) in [5.41, 5.74) is -3.56. The summed E-state index contributed by atoms with van der Waals surface area (Å²) in [6, 6.07) is 10.7. The van der Waals surface area contributed by atoms with Gasteiger partial charge in [0.2, 0.25) is 5.91 Å². The lowest BCUT2D eigenvalue weighted by molar-refractivity contribution is -0.143. The molecule has 0 radical (unpaired) electrons. The predicted octanol–water partition coefficient (Wildman–Crippen LogP) is 5.83. The zero-order chi connectivity index (χ0) is 26.1. The average molecular weight is 502 g/mol. The summed E-state index contributed by atoms with van der Waals surface area (Å²) in [7, 11) is 1.56. The molecule has 0 aromatic heterocycles. The second-order valence-electron chi connectivity index (χ2n) is 9.23. The van der Waals surface area contributed by atoms with Crippen LogP contribution in [0.4, 0.5) is 26.3 Å². The van der Waals surface area contributed by atoms with Crippen molar-refractivity contribution in [2.24, 2.45) is 5.41 Å². The molecular formula is C25H28F6N2O2. The second-order valence-corrected chi connectivity index (χ2v) is 9.23. The maximum atomic E-state index is 13.3. The quantitative estimate of drug-likeness (QED) is 0.489. The van der Waals surface area contributed by atoms with E-state index in [0.29, 0.717) is 31.5 Å². The zero-order valence-corrected chi connectivity index (χ0v) is 19.6. The number of alkyl halides is 6. The zero-order valence-electron chi connectivity index (χ0n) is 19.6. The van der Waals surface area contributed by atoms with Crippen LogP contribution in [0, 0.1) is 5.41 Å². The Morgan fingerprint density at radius 3 is 2.06 bits per heavy atom. The van der Waals surface area contributed by atoms with Gasteiger partial charge < -0.3 is 15.4 Å². The van der Waals surface area contributed by atoms with Gasteiger partial charge in [0.25, 0.3) is 0 Å². The first-order valence-electron chi connectivity index (χ1n) is 11.1. The number of halogens is 6. The van der Waals surface area contributed by atoms with E-state index in [2.05, 4.69) is 10.6 Å². The number of nitrogens with one attached hydrogen (secondary N) is 2. The van der Waals surface area contributed by atoms with Crippen molar-refractivity contribution < 1.29 is 35.9 Å². The molecule has 1 amide bonds. The normalized spacial score (nSPS) is 24.1. The third-order valence-electron chi connectivity index (χ3n) is 6.68. The molecule has 35 heavy (non-hydrogen) atoms. The largest absolute Gasteiger partial charge is 0.416 e. The Balaban J connectivity index is 1.88. The molecule has 1 aliphatic heterocycles. The van der Waals surface area contributed by atoms with Gasteiger partial charge in [-0.2, -0.15) is 26.3 Å². The maximum Gasteiger partial charge on any atom is 0.416 e. The Kier molecular flexibility index (Phi) is 7.57. The van der Waals surface area contributed by atoms with Crippen LogP contribution in [0.3, 0.4) is 0 Å². The molecule has 1 fully saturated rings. The fourth-order valence-corrected chi connectivity index (χ4v) is 4.31. The Hall–Kier alpha value is -2.59. The van der Waals surface area contributed by atoms with Crippen molar-refractivity contribution in [3.63, 3.8) is 0 Å². The maximum absolute atomic E-state index is 13.3. The number of amides is 1. The van der Waals surface area contributed by atoms with Gasteiger partial charge in [0.15, 0.2) is 0 Å². The Labute approximate surface area is 200 Å². The van der Waals surface area contributed by atoms with Crippen LogP contribution >= 0.6 is 0 Å². The van der Waals surface area contributed by atoms with Crippen molar-refractivity contribution in [2.45, 2.75) is 50.7 Å². The van der Waals surface area contributed by atoms with E-state index >= 15 is 0 Å². The monoisotopic (exact) mass is 502 g/mol. The summed E-state index contributed by atoms with van der Waals surface area (Å²) in [6.45, 7) is 3.56. The molecule has 2 N–H and O–H groups in total. The molecule has 3 rings (SSSR count). The van der Waals surface area contributed by atoms with Gasteiger partial charge in [-0.15, -0.1) is 0 Å². The van der Waals surface area contributed by atoms with Gasteiger partial charge >= 0.3 is 12.4 Å². The Morgan fingerprint density at radius 1 is 1.03 bits per heavy atom. The standard InChI is InChI=1S/C25H28F6N2O2/c1-16(17-11-19(24(26,27)28)13-20(12-17)25(29,30)31)35-15-23(18-7-5-4-6-8-18)10-9-22(2,14-33-23)21(34)32-3/h4-8,11-13,16,33H,9-10,14-15H2,1-3H3,(H,32,34)/t16-,22+,23-/m1/s1. The van der Waals surface area contributed by atoms with E-state index in [0.717, 1.165) is 5.56 Å². The molecule has 2 aromatic carbocycles. The SMILES string of the molecule is CNC(=O)[C@@]1(C)CC[C@@](CO[C@H](C)c2cc(C(F)(F)F)cc(C(F)(F)F)c2)(c2ccccc2)NC1. The van der Waals surface area contributed by atoms with Crippen molar-refractivity contribution in [2.75, 3.05) is 20.2 Å². The fourth-order valence-electron chi connectivity index (χ4n) is 4.31. The summed E-state index contributed by atoms with van der Waals surface area (Å²) in [5, 5.41) is 6.04.